The molecular formula is C24H20Cl2N2O. The number of pyridine rings is 1. The van der Waals surface area contributed by atoms with Crippen molar-refractivity contribution in [2.45, 2.75) is 32.6 Å². The number of benzene rings is 2. The lowest BCUT2D eigenvalue weighted by atomic mass is 9.68. The van der Waals surface area contributed by atoms with Gasteiger partial charge in [-0.3, -0.25) is 9.78 Å². The number of carbonyl (C=O) groups excluding carboxylic acids is 1. The van der Waals surface area contributed by atoms with E-state index >= 15 is 0 Å². The van der Waals surface area contributed by atoms with Crippen LogP contribution in [0.4, 0.5) is 5.69 Å². The van der Waals surface area contributed by atoms with Crippen LogP contribution in [0.5, 0.6) is 0 Å². The zero-order chi connectivity index (χ0) is 20.3. The van der Waals surface area contributed by atoms with Crippen LogP contribution in [0.3, 0.4) is 0 Å². The van der Waals surface area contributed by atoms with Gasteiger partial charge in [-0.15, -0.1) is 0 Å². The molecule has 1 unspecified atom stereocenters. The molecule has 0 radical (unpaired) electrons. The van der Waals surface area contributed by atoms with E-state index in [1.54, 1.807) is 6.20 Å². The molecule has 0 saturated carbocycles. The molecule has 0 amide bonds. The number of ketones is 1. The minimum atomic E-state index is -0.201. The summed E-state index contributed by atoms with van der Waals surface area (Å²) in [5.74, 6) is -0.0149. The maximum absolute atomic E-state index is 13.4. The maximum Gasteiger partial charge on any atom is 0.162 e. The Morgan fingerprint density at radius 3 is 2.69 bits per heavy atom. The van der Waals surface area contributed by atoms with Crippen LogP contribution in [-0.2, 0) is 4.79 Å². The molecule has 1 atom stereocenters. The predicted molar refractivity (Wildman–Crippen MR) is 119 cm³/mol. The van der Waals surface area contributed by atoms with Crippen LogP contribution in [0.2, 0.25) is 10.0 Å². The van der Waals surface area contributed by atoms with Gasteiger partial charge in [0.2, 0.25) is 0 Å². The van der Waals surface area contributed by atoms with Crippen LogP contribution in [-0.4, -0.2) is 10.8 Å². The number of aromatic nitrogens is 1. The number of hydrogen-bond acceptors (Lipinski definition) is 3. The van der Waals surface area contributed by atoms with Gasteiger partial charge in [0.15, 0.2) is 5.78 Å². The van der Waals surface area contributed by atoms with Crippen LogP contribution in [0.25, 0.3) is 10.9 Å². The van der Waals surface area contributed by atoms with Crippen LogP contribution < -0.4 is 5.32 Å². The topological polar surface area (TPSA) is 42.0 Å². The Morgan fingerprint density at radius 2 is 1.90 bits per heavy atom. The summed E-state index contributed by atoms with van der Waals surface area (Å²) in [6.45, 7) is 4.29. The molecule has 3 nitrogen and oxygen atoms in total. The van der Waals surface area contributed by atoms with E-state index in [2.05, 4.69) is 36.3 Å². The SMILES string of the molecule is CC1(C)CC(=O)C2=C(C1)Nc1ccc3ncccc3c1C2c1ccc(Cl)c(Cl)c1. The first kappa shape index (κ1) is 18.7. The fourth-order valence-electron chi connectivity index (χ4n) is 4.71. The number of nitrogens with zero attached hydrogens (tertiary/aromatic N) is 1. The van der Waals surface area contributed by atoms with E-state index in [1.807, 2.05) is 30.3 Å². The molecule has 1 aromatic heterocycles. The van der Waals surface area contributed by atoms with Crippen molar-refractivity contribution in [2.75, 3.05) is 5.32 Å². The van der Waals surface area contributed by atoms with Crippen LogP contribution in [0, 0.1) is 5.41 Å². The fourth-order valence-corrected chi connectivity index (χ4v) is 5.02. The third-order valence-electron chi connectivity index (χ3n) is 5.89. The first-order valence-electron chi connectivity index (χ1n) is 9.70. The molecule has 2 aliphatic rings. The van der Waals surface area contributed by atoms with Gasteiger partial charge in [-0.05, 0) is 53.3 Å². The van der Waals surface area contributed by atoms with Gasteiger partial charge in [0.25, 0.3) is 0 Å². The van der Waals surface area contributed by atoms with Crippen molar-refractivity contribution in [2.24, 2.45) is 5.41 Å². The van der Waals surface area contributed by atoms with E-state index < -0.39 is 0 Å². The number of carbonyl (C=O) groups is 1. The Labute approximate surface area is 179 Å². The number of hydrogen-bond donors (Lipinski definition) is 1. The Morgan fingerprint density at radius 1 is 1.07 bits per heavy atom. The summed E-state index contributed by atoms with van der Waals surface area (Å²) in [6, 6.07) is 13.7. The zero-order valence-electron chi connectivity index (χ0n) is 16.2. The highest BCUT2D eigenvalue weighted by molar-refractivity contribution is 6.42. The van der Waals surface area contributed by atoms with Crippen molar-refractivity contribution in [3.8, 4) is 0 Å². The van der Waals surface area contributed by atoms with Crippen molar-refractivity contribution in [1.82, 2.24) is 4.98 Å². The van der Waals surface area contributed by atoms with Gasteiger partial charge < -0.3 is 5.32 Å². The highest BCUT2D eigenvalue weighted by Gasteiger charge is 2.41. The van der Waals surface area contributed by atoms with Gasteiger partial charge in [0.1, 0.15) is 0 Å². The molecule has 1 aliphatic carbocycles. The lowest BCUT2D eigenvalue weighted by Gasteiger charge is -2.40. The van der Waals surface area contributed by atoms with E-state index in [4.69, 9.17) is 23.2 Å². The standard InChI is InChI=1S/C24H20Cl2N2O/c1-24(2)11-19-23(20(29)12-24)21(13-5-6-15(25)16(26)10-13)22-14-4-3-9-27-17(14)7-8-18(22)28-19/h3-10,21,28H,11-12H2,1-2H3. The second-order valence-corrected chi connectivity index (χ2v) is 9.48. The molecular weight excluding hydrogens is 403 g/mol. The molecule has 5 heteroatoms. The number of nitrogens with one attached hydrogen (secondary N) is 1. The van der Waals surface area contributed by atoms with Crippen LogP contribution in [0.1, 0.15) is 43.7 Å². The molecule has 2 aromatic carbocycles. The monoisotopic (exact) mass is 422 g/mol. The number of rotatable bonds is 1. The molecule has 29 heavy (non-hydrogen) atoms. The molecule has 3 aromatic rings. The zero-order valence-corrected chi connectivity index (χ0v) is 17.7. The van der Waals surface area contributed by atoms with E-state index in [0.717, 1.165) is 45.4 Å². The third kappa shape index (κ3) is 3.04. The fraction of sp³-hybridized carbons (Fsp3) is 0.250. The molecule has 0 saturated heterocycles. The quantitative estimate of drug-likeness (QED) is 0.471. The van der Waals surface area contributed by atoms with E-state index in [9.17, 15) is 4.79 Å². The van der Waals surface area contributed by atoms with Gasteiger partial charge in [0.05, 0.1) is 15.6 Å². The summed E-state index contributed by atoms with van der Waals surface area (Å²) < 4.78 is 0. The Balaban J connectivity index is 1.82. The van der Waals surface area contributed by atoms with Gasteiger partial charge in [-0.2, -0.15) is 0 Å². The molecule has 146 valence electrons. The number of anilines is 1. The molecule has 1 N–H and O–H groups in total. The van der Waals surface area contributed by atoms with Crippen molar-refractivity contribution < 1.29 is 4.79 Å². The molecule has 2 heterocycles. The van der Waals surface area contributed by atoms with Gasteiger partial charge in [0, 0.05) is 40.9 Å². The minimum absolute atomic E-state index is 0.0684. The van der Waals surface area contributed by atoms with Crippen LogP contribution >= 0.6 is 23.2 Å². The smallest absolute Gasteiger partial charge is 0.162 e. The van der Waals surface area contributed by atoms with Crippen molar-refractivity contribution in [1.29, 1.82) is 0 Å². The summed E-state index contributed by atoms with van der Waals surface area (Å²) in [6.07, 6.45) is 3.15. The summed E-state index contributed by atoms with van der Waals surface area (Å²) in [7, 11) is 0. The van der Waals surface area contributed by atoms with Crippen molar-refractivity contribution in [3.63, 3.8) is 0 Å². The summed E-state index contributed by atoms with van der Waals surface area (Å²) in [5, 5.41) is 5.62. The molecule has 0 fully saturated rings. The Hall–Kier alpha value is -2.36. The first-order valence-corrected chi connectivity index (χ1v) is 10.5. The highest BCUT2D eigenvalue weighted by Crippen LogP contribution is 2.51. The first-order chi connectivity index (χ1) is 13.8. The summed E-state index contributed by atoms with van der Waals surface area (Å²) in [4.78, 5) is 17.9. The summed E-state index contributed by atoms with van der Waals surface area (Å²) in [5.41, 5.74) is 5.75. The average Bonchev–Trinajstić information content (AvgIpc) is 2.67. The Bertz CT molecular complexity index is 1210. The normalized spacial score (nSPS) is 20.3. The second-order valence-electron chi connectivity index (χ2n) is 8.66. The average molecular weight is 423 g/mol. The highest BCUT2D eigenvalue weighted by atomic mass is 35.5. The molecule has 0 bridgehead atoms. The van der Waals surface area contributed by atoms with Gasteiger partial charge >= 0.3 is 0 Å². The lowest BCUT2D eigenvalue weighted by molar-refractivity contribution is -0.118. The largest absolute Gasteiger partial charge is 0.358 e. The summed E-state index contributed by atoms with van der Waals surface area (Å²) >= 11 is 12.6. The van der Waals surface area contributed by atoms with Gasteiger partial charge in [-0.25, -0.2) is 0 Å². The molecule has 5 rings (SSSR count). The van der Waals surface area contributed by atoms with E-state index in [1.165, 1.54) is 0 Å². The van der Waals surface area contributed by atoms with E-state index in [-0.39, 0.29) is 17.1 Å². The minimum Gasteiger partial charge on any atom is -0.358 e. The maximum atomic E-state index is 13.4. The van der Waals surface area contributed by atoms with Crippen molar-refractivity contribution in [3.05, 3.63) is 81.1 Å². The number of halogens is 2. The Kier molecular flexibility index (Phi) is 4.23. The third-order valence-corrected chi connectivity index (χ3v) is 6.63. The number of Topliss-reactive ketones (excluding diaryl/α,β-unsaturated/α-hetero) is 1. The molecule has 1 aliphatic heterocycles. The number of allylic oxidation sites excluding steroid dienone is 2. The van der Waals surface area contributed by atoms with E-state index in [0.29, 0.717) is 16.5 Å². The van der Waals surface area contributed by atoms with Gasteiger partial charge in [-0.1, -0.05) is 49.2 Å². The molecule has 0 spiro atoms. The van der Waals surface area contributed by atoms with Crippen LogP contribution in [0.15, 0.2) is 59.9 Å². The number of fused-ring (bicyclic) bond motifs is 3. The predicted octanol–water partition coefficient (Wildman–Crippen LogP) is 6.74. The lowest BCUT2D eigenvalue weighted by Crippen LogP contribution is -2.33. The second kappa shape index (κ2) is 6.58. The van der Waals surface area contributed by atoms with Crippen molar-refractivity contribution >= 4 is 45.6 Å².